The summed E-state index contributed by atoms with van der Waals surface area (Å²) in [5.41, 5.74) is 6.67. The van der Waals surface area contributed by atoms with Crippen LogP contribution in [0.1, 0.15) is 40.4 Å². The van der Waals surface area contributed by atoms with Gasteiger partial charge in [-0.15, -0.1) is 0 Å². The van der Waals surface area contributed by atoms with Crippen LogP contribution < -0.4 is 10.6 Å². The van der Waals surface area contributed by atoms with E-state index >= 15 is 0 Å². The number of amides is 1. The lowest BCUT2D eigenvalue weighted by Crippen LogP contribution is -2.28. The van der Waals surface area contributed by atoms with Crippen LogP contribution in [0.25, 0.3) is 11.3 Å². The molecule has 0 saturated carbocycles. The van der Waals surface area contributed by atoms with Gasteiger partial charge in [-0.3, -0.25) is 9.78 Å². The van der Waals surface area contributed by atoms with Crippen LogP contribution in [0.2, 0.25) is 0 Å². The quantitative estimate of drug-likeness (QED) is 0.435. The molecule has 0 fully saturated rings. The molecule has 3 aromatic rings. The molecule has 0 atom stereocenters. The van der Waals surface area contributed by atoms with Crippen molar-refractivity contribution in [3.05, 3.63) is 89.1 Å². The van der Waals surface area contributed by atoms with Crippen molar-refractivity contribution < 1.29 is 27.9 Å². The van der Waals surface area contributed by atoms with Crippen LogP contribution in [-0.4, -0.2) is 40.7 Å². The molecular weight excluding hydrogens is 471 g/mol. The average Bonchev–Trinajstić information content (AvgIpc) is 3.29. The third-order valence-corrected chi connectivity index (χ3v) is 5.70. The van der Waals surface area contributed by atoms with Crippen LogP contribution in [0.5, 0.6) is 0 Å². The first-order chi connectivity index (χ1) is 17.2. The zero-order chi connectivity index (χ0) is 26.1. The number of carboxylic acids is 1. The van der Waals surface area contributed by atoms with E-state index in [9.17, 15) is 18.0 Å². The van der Waals surface area contributed by atoms with Gasteiger partial charge < -0.3 is 15.7 Å². The lowest BCUT2D eigenvalue weighted by atomic mass is 10.1. The first-order valence-corrected chi connectivity index (χ1v) is 11.6. The molecule has 1 amide bonds. The van der Waals surface area contributed by atoms with E-state index < -0.39 is 12.1 Å². The molecule has 0 saturated heterocycles. The normalized spacial score (nSPS) is 12.9. The smallest absolute Gasteiger partial charge is 0.475 e. The number of fused-ring (bicyclic) bond motifs is 1. The topological polar surface area (TPSA) is 91.3 Å². The van der Waals surface area contributed by atoms with Crippen LogP contribution in [0, 0.1) is 0 Å². The number of hydrogen-bond donors (Lipinski definition) is 3. The van der Waals surface area contributed by atoms with E-state index in [1.54, 1.807) is 12.3 Å². The van der Waals surface area contributed by atoms with Crippen molar-refractivity contribution in [3.63, 3.8) is 0 Å². The summed E-state index contributed by atoms with van der Waals surface area (Å²) in [5.74, 6) is -2.80. The molecule has 190 valence electrons. The first-order valence-electron chi connectivity index (χ1n) is 11.6. The highest BCUT2D eigenvalue weighted by Crippen LogP contribution is 2.23. The summed E-state index contributed by atoms with van der Waals surface area (Å²) in [6.07, 6.45) is -0.258. The van der Waals surface area contributed by atoms with Crippen molar-refractivity contribution in [3.8, 4) is 11.3 Å². The second-order valence-electron chi connectivity index (χ2n) is 8.44. The third-order valence-electron chi connectivity index (χ3n) is 5.70. The van der Waals surface area contributed by atoms with E-state index in [1.807, 2.05) is 13.0 Å². The van der Waals surface area contributed by atoms with Crippen molar-refractivity contribution in [2.24, 2.45) is 0 Å². The van der Waals surface area contributed by atoms with Gasteiger partial charge in [0.25, 0.3) is 5.91 Å². The largest absolute Gasteiger partial charge is 0.490 e. The molecule has 1 aromatic heterocycles. The minimum atomic E-state index is -5.08. The number of alkyl halides is 3. The Morgan fingerprint density at radius 2 is 1.64 bits per heavy atom. The lowest BCUT2D eigenvalue weighted by molar-refractivity contribution is -0.192. The Balaban J connectivity index is 0.000000454. The maximum atomic E-state index is 12.2. The molecule has 0 unspecified atom stereocenters. The fourth-order valence-corrected chi connectivity index (χ4v) is 3.83. The van der Waals surface area contributed by atoms with Crippen LogP contribution >= 0.6 is 0 Å². The summed E-state index contributed by atoms with van der Waals surface area (Å²) in [4.78, 5) is 25.5. The molecule has 1 aliphatic rings. The first kappa shape index (κ1) is 26.9. The molecule has 1 heterocycles. The molecule has 3 N–H and O–H groups in total. The maximum absolute atomic E-state index is 12.2. The van der Waals surface area contributed by atoms with E-state index in [4.69, 9.17) is 9.90 Å². The molecule has 2 aromatic carbocycles. The number of halogens is 3. The molecule has 0 bridgehead atoms. The number of nitrogens with one attached hydrogen (secondary N) is 2. The van der Waals surface area contributed by atoms with Gasteiger partial charge in [0.2, 0.25) is 0 Å². The Hall–Kier alpha value is -3.72. The summed E-state index contributed by atoms with van der Waals surface area (Å²) >= 11 is 0. The van der Waals surface area contributed by atoms with Crippen LogP contribution in [0.3, 0.4) is 0 Å². The molecule has 0 aliphatic heterocycles. The SMILES string of the molecule is CCCNC(=O)c1ccnc(-c2ccc(CNC3Cc4ccccc4C3)cc2)c1.O=C(O)C(F)(F)F. The number of benzene rings is 2. The zero-order valence-electron chi connectivity index (χ0n) is 19.8. The van der Waals surface area contributed by atoms with Gasteiger partial charge in [0, 0.05) is 36.5 Å². The van der Waals surface area contributed by atoms with Crippen LogP contribution in [0.4, 0.5) is 13.2 Å². The minimum Gasteiger partial charge on any atom is -0.475 e. The van der Waals surface area contributed by atoms with E-state index in [-0.39, 0.29) is 5.91 Å². The summed E-state index contributed by atoms with van der Waals surface area (Å²) in [7, 11) is 0. The number of hydrogen-bond acceptors (Lipinski definition) is 4. The number of pyridine rings is 1. The summed E-state index contributed by atoms with van der Waals surface area (Å²) < 4.78 is 31.7. The second-order valence-corrected chi connectivity index (χ2v) is 8.44. The van der Waals surface area contributed by atoms with E-state index in [0.29, 0.717) is 18.2 Å². The van der Waals surface area contributed by atoms with Gasteiger partial charge in [-0.05, 0) is 48.1 Å². The standard InChI is InChI=1S/C25H27N3O.C2HF3O2/c1-2-12-27-25(29)22-11-13-26-24(16-22)19-9-7-18(8-10-19)17-28-23-14-20-5-3-4-6-21(20)15-23;3-2(4,5)1(6)7/h3-11,13,16,23,28H,2,12,14-15,17H2,1H3,(H,27,29);(H,6,7). The molecule has 0 spiro atoms. The van der Waals surface area contributed by atoms with Crippen molar-refractivity contribution in [1.29, 1.82) is 0 Å². The van der Waals surface area contributed by atoms with Gasteiger partial charge in [-0.2, -0.15) is 13.2 Å². The van der Waals surface area contributed by atoms with E-state index in [1.165, 1.54) is 16.7 Å². The zero-order valence-corrected chi connectivity index (χ0v) is 19.8. The highest BCUT2D eigenvalue weighted by atomic mass is 19.4. The highest BCUT2D eigenvalue weighted by Gasteiger charge is 2.38. The molecule has 0 radical (unpaired) electrons. The van der Waals surface area contributed by atoms with Crippen molar-refractivity contribution in [2.75, 3.05) is 6.54 Å². The lowest BCUT2D eigenvalue weighted by Gasteiger charge is -2.12. The number of aromatic nitrogens is 1. The van der Waals surface area contributed by atoms with Crippen LogP contribution in [-0.2, 0) is 24.2 Å². The number of carbonyl (C=O) groups excluding carboxylic acids is 1. The molecule has 36 heavy (non-hydrogen) atoms. The Kier molecular flexibility index (Phi) is 9.19. The molecule has 9 heteroatoms. The minimum absolute atomic E-state index is 0.0473. The Morgan fingerprint density at radius 1 is 1.03 bits per heavy atom. The molecule has 1 aliphatic carbocycles. The van der Waals surface area contributed by atoms with Gasteiger partial charge in [-0.25, -0.2) is 4.79 Å². The molecule has 6 nitrogen and oxygen atoms in total. The van der Waals surface area contributed by atoms with E-state index in [2.05, 4.69) is 64.1 Å². The van der Waals surface area contributed by atoms with Crippen molar-refractivity contribution in [2.45, 2.75) is 44.9 Å². The predicted molar refractivity (Wildman–Crippen MR) is 130 cm³/mol. The summed E-state index contributed by atoms with van der Waals surface area (Å²) in [6.45, 7) is 3.58. The fourth-order valence-electron chi connectivity index (χ4n) is 3.83. The maximum Gasteiger partial charge on any atom is 0.490 e. The van der Waals surface area contributed by atoms with Gasteiger partial charge in [0.1, 0.15) is 0 Å². The predicted octanol–water partition coefficient (Wildman–Crippen LogP) is 4.78. The fraction of sp³-hybridized carbons (Fsp3) is 0.296. The molecular formula is C27H28F3N3O3. The molecule has 4 rings (SSSR count). The second kappa shape index (κ2) is 12.3. The third kappa shape index (κ3) is 7.64. The van der Waals surface area contributed by atoms with Gasteiger partial charge in [0.05, 0.1) is 5.69 Å². The van der Waals surface area contributed by atoms with Crippen molar-refractivity contribution >= 4 is 11.9 Å². The Bertz CT molecular complexity index is 1160. The highest BCUT2D eigenvalue weighted by molar-refractivity contribution is 5.95. The van der Waals surface area contributed by atoms with Crippen LogP contribution in [0.15, 0.2) is 66.9 Å². The van der Waals surface area contributed by atoms with Crippen molar-refractivity contribution in [1.82, 2.24) is 15.6 Å². The number of carbonyl (C=O) groups is 2. The Morgan fingerprint density at radius 3 is 2.19 bits per heavy atom. The number of carboxylic acid groups (broad SMARTS) is 1. The van der Waals surface area contributed by atoms with Gasteiger partial charge >= 0.3 is 12.1 Å². The summed E-state index contributed by atoms with van der Waals surface area (Å²) in [6, 6.07) is 21.3. The number of aliphatic carboxylic acids is 1. The average molecular weight is 500 g/mol. The van der Waals surface area contributed by atoms with Gasteiger partial charge in [-0.1, -0.05) is 55.5 Å². The number of rotatable bonds is 7. The monoisotopic (exact) mass is 499 g/mol. The number of nitrogens with zero attached hydrogens (tertiary/aromatic N) is 1. The van der Waals surface area contributed by atoms with E-state index in [0.717, 1.165) is 37.1 Å². The van der Waals surface area contributed by atoms with Gasteiger partial charge in [0.15, 0.2) is 0 Å². The summed E-state index contributed by atoms with van der Waals surface area (Å²) in [5, 5.41) is 13.7. The Labute approximate surface area is 207 Å².